The lowest BCUT2D eigenvalue weighted by Crippen LogP contribution is -2.46. The summed E-state index contributed by atoms with van der Waals surface area (Å²) in [6.07, 6.45) is 9.42. The van der Waals surface area contributed by atoms with Crippen LogP contribution in [0.4, 0.5) is 0 Å². The third-order valence-electron chi connectivity index (χ3n) is 5.30. The van der Waals surface area contributed by atoms with Crippen molar-refractivity contribution >= 4 is 5.96 Å². The van der Waals surface area contributed by atoms with Gasteiger partial charge < -0.3 is 24.5 Å². The van der Waals surface area contributed by atoms with Gasteiger partial charge in [0.25, 0.3) is 0 Å². The van der Waals surface area contributed by atoms with Crippen LogP contribution in [0.25, 0.3) is 0 Å². The first kappa shape index (κ1) is 18.3. The molecule has 0 spiro atoms. The van der Waals surface area contributed by atoms with Gasteiger partial charge in [0.1, 0.15) is 5.76 Å². The number of furan rings is 1. The number of nitrogens with one attached hydrogen (secondary N) is 2. The summed E-state index contributed by atoms with van der Waals surface area (Å²) in [5.41, 5.74) is -0.191. The molecular weight excluding hydrogens is 318 g/mol. The van der Waals surface area contributed by atoms with Crippen molar-refractivity contribution in [2.75, 3.05) is 33.4 Å². The molecule has 1 saturated heterocycles. The lowest BCUT2D eigenvalue weighted by atomic mass is 9.94. The van der Waals surface area contributed by atoms with E-state index in [0.29, 0.717) is 12.6 Å². The molecule has 2 N–H and O–H groups in total. The maximum Gasteiger partial charge on any atom is 0.191 e. The van der Waals surface area contributed by atoms with Crippen LogP contribution >= 0.6 is 0 Å². The van der Waals surface area contributed by atoms with Crippen molar-refractivity contribution in [1.82, 2.24) is 10.6 Å². The predicted octanol–water partition coefficient (Wildman–Crippen LogP) is 2.50. The molecule has 140 valence electrons. The second-order valence-electron chi connectivity index (χ2n) is 7.05. The summed E-state index contributed by atoms with van der Waals surface area (Å²) >= 11 is 0. The molecule has 0 unspecified atom stereocenters. The van der Waals surface area contributed by atoms with Crippen LogP contribution in [0.5, 0.6) is 0 Å². The molecule has 0 aromatic carbocycles. The fourth-order valence-electron chi connectivity index (χ4n) is 3.57. The molecule has 1 aliphatic heterocycles. The fraction of sp³-hybridized carbons (Fsp3) is 0.737. The molecule has 1 aliphatic carbocycles. The minimum Gasteiger partial charge on any atom is -0.469 e. The van der Waals surface area contributed by atoms with Crippen LogP contribution in [0, 0.1) is 0 Å². The molecule has 0 amide bonds. The highest BCUT2D eigenvalue weighted by atomic mass is 16.5. The van der Waals surface area contributed by atoms with Crippen LogP contribution in [0.2, 0.25) is 0 Å². The molecule has 1 aromatic heterocycles. The van der Waals surface area contributed by atoms with E-state index in [4.69, 9.17) is 18.9 Å². The Morgan fingerprint density at radius 2 is 2.12 bits per heavy atom. The summed E-state index contributed by atoms with van der Waals surface area (Å²) in [7, 11) is 1.79. The topological polar surface area (TPSA) is 68.0 Å². The number of hydrogen-bond donors (Lipinski definition) is 2. The Kier molecular flexibility index (Phi) is 6.76. The van der Waals surface area contributed by atoms with E-state index in [1.165, 1.54) is 25.7 Å². The highest BCUT2D eigenvalue weighted by Crippen LogP contribution is 2.25. The van der Waals surface area contributed by atoms with Crippen LogP contribution < -0.4 is 10.6 Å². The van der Waals surface area contributed by atoms with Gasteiger partial charge in [0.15, 0.2) is 5.96 Å². The second kappa shape index (κ2) is 9.25. The first-order valence-corrected chi connectivity index (χ1v) is 9.50. The van der Waals surface area contributed by atoms with Crippen molar-refractivity contribution in [3.8, 4) is 0 Å². The average Bonchev–Trinajstić information content (AvgIpc) is 3.34. The maximum atomic E-state index is 5.80. The Morgan fingerprint density at radius 1 is 1.32 bits per heavy atom. The quantitative estimate of drug-likeness (QED) is 0.585. The van der Waals surface area contributed by atoms with Crippen molar-refractivity contribution in [1.29, 1.82) is 0 Å². The van der Waals surface area contributed by atoms with Crippen LogP contribution in [0.15, 0.2) is 27.8 Å². The molecular formula is C19H31N3O3. The van der Waals surface area contributed by atoms with E-state index < -0.39 is 0 Å². The Hall–Kier alpha value is -1.53. The molecule has 3 rings (SSSR count). The summed E-state index contributed by atoms with van der Waals surface area (Å²) in [6, 6.07) is 4.46. The number of rotatable bonds is 7. The van der Waals surface area contributed by atoms with Crippen LogP contribution in [-0.4, -0.2) is 51.0 Å². The number of hydrogen-bond acceptors (Lipinski definition) is 4. The third kappa shape index (κ3) is 5.47. The standard InChI is InChI=1S/C19H31N3O3/c1-23-19(9-13-24-14-10-19)15-21-18(22-16-5-2-3-6-16)20-11-8-17-7-4-12-25-17/h4,7,12,16H,2-3,5-6,8-11,13-15H2,1H3,(H2,20,21,22). The van der Waals surface area contributed by atoms with E-state index in [1.54, 1.807) is 13.4 Å². The van der Waals surface area contributed by atoms with Crippen molar-refractivity contribution in [2.24, 2.45) is 4.99 Å². The van der Waals surface area contributed by atoms with Gasteiger partial charge in [0, 0.05) is 52.2 Å². The molecule has 0 atom stereocenters. The van der Waals surface area contributed by atoms with Crippen LogP contribution in [0.1, 0.15) is 44.3 Å². The zero-order chi connectivity index (χ0) is 17.4. The highest BCUT2D eigenvalue weighted by Gasteiger charge is 2.32. The van der Waals surface area contributed by atoms with Gasteiger partial charge >= 0.3 is 0 Å². The van der Waals surface area contributed by atoms with Gasteiger partial charge in [-0.25, -0.2) is 0 Å². The van der Waals surface area contributed by atoms with E-state index in [0.717, 1.165) is 50.7 Å². The molecule has 0 radical (unpaired) electrons. The van der Waals surface area contributed by atoms with Crippen molar-refractivity contribution in [2.45, 2.75) is 56.6 Å². The minimum atomic E-state index is -0.191. The van der Waals surface area contributed by atoms with E-state index in [1.807, 2.05) is 12.1 Å². The van der Waals surface area contributed by atoms with Gasteiger partial charge in [0.05, 0.1) is 18.4 Å². The molecule has 2 fully saturated rings. The summed E-state index contributed by atoms with van der Waals surface area (Å²) in [6.45, 7) is 2.96. The normalized spacial score (nSPS) is 21.4. The van der Waals surface area contributed by atoms with E-state index in [9.17, 15) is 0 Å². The van der Waals surface area contributed by atoms with Crippen LogP contribution in [-0.2, 0) is 15.9 Å². The molecule has 6 nitrogen and oxygen atoms in total. The largest absolute Gasteiger partial charge is 0.469 e. The predicted molar refractivity (Wildman–Crippen MR) is 97.9 cm³/mol. The molecule has 1 saturated carbocycles. The Balaban J connectivity index is 1.57. The molecule has 2 heterocycles. The van der Waals surface area contributed by atoms with Crippen molar-refractivity contribution in [3.05, 3.63) is 24.2 Å². The lowest BCUT2D eigenvalue weighted by Gasteiger charge is -2.34. The smallest absolute Gasteiger partial charge is 0.191 e. The first-order chi connectivity index (χ1) is 12.3. The van der Waals surface area contributed by atoms with Gasteiger partial charge in [-0.05, 0) is 25.0 Å². The maximum absolute atomic E-state index is 5.80. The lowest BCUT2D eigenvalue weighted by molar-refractivity contribution is -0.0828. The highest BCUT2D eigenvalue weighted by molar-refractivity contribution is 5.80. The van der Waals surface area contributed by atoms with Gasteiger partial charge in [-0.1, -0.05) is 12.8 Å². The molecule has 2 aliphatic rings. The number of ether oxygens (including phenoxy) is 2. The zero-order valence-electron chi connectivity index (χ0n) is 15.3. The zero-order valence-corrected chi connectivity index (χ0v) is 15.3. The summed E-state index contributed by atoms with van der Waals surface area (Å²) in [5, 5.41) is 7.06. The van der Waals surface area contributed by atoms with Crippen molar-refractivity contribution in [3.63, 3.8) is 0 Å². The number of nitrogens with zero attached hydrogens (tertiary/aromatic N) is 1. The Morgan fingerprint density at radius 3 is 2.80 bits per heavy atom. The summed E-state index contributed by atoms with van der Waals surface area (Å²) < 4.78 is 16.7. The van der Waals surface area contributed by atoms with Crippen molar-refractivity contribution < 1.29 is 13.9 Å². The van der Waals surface area contributed by atoms with E-state index >= 15 is 0 Å². The third-order valence-corrected chi connectivity index (χ3v) is 5.30. The van der Waals surface area contributed by atoms with Gasteiger partial charge in [-0.2, -0.15) is 0 Å². The van der Waals surface area contributed by atoms with Gasteiger partial charge in [-0.3, -0.25) is 4.99 Å². The summed E-state index contributed by atoms with van der Waals surface area (Å²) in [4.78, 5) is 4.86. The first-order valence-electron chi connectivity index (χ1n) is 9.50. The second-order valence-corrected chi connectivity index (χ2v) is 7.05. The Labute approximate surface area is 150 Å². The number of aliphatic imine (C=N–C) groups is 1. The Bertz CT molecular complexity index is 518. The fourth-order valence-corrected chi connectivity index (χ4v) is 3.57. The molecule has 6 heteroatoms. The van der Waals surface area contributed by atoms with E-state index in [2.05, 4.69) is 10.6 Å². The number of guanidine groups is 1. The molecule has 1 aromatic rings. The van der Waals surface area contributed by atoms with Crippen LogP contribution in [0.3, 0.4) is 0 Å². The molecule has 0 bridgehead atoms. The minimum absolute atomic E-state index is 0.191. The van der Waals surface area contributed by atoms with Gasteiger partial charge in [-0.15, -0.1) is 0 Å². The molecule has 25 heavy (non-hydrogen) atoms. The number of methoxy groups -OCH3 is 1. The monoisotopic (exact) mass is 349 g/mol. The van der Waals surface area contributed by atoms with Gasteiger partial charge in [0.2, 0.25) is 0 Å². The van der Waals surface area contributed by atoms with E-state index in [-0.39, 0.29) is 5.60 Å². The summed E-state index contributed by atoms with van der Waals surface area (Å²) in [5.74, 6) is 1.88. The average molecular weight is 349 g/mol. The SMILES string of the molecule is COC1(CN=C(NCCc2ccco2)NC2CCCC2)CCOCC1.